The van der Waals surface area contributed by atoms with E-state index in [9.17, 15) is 9.59 Å². The maximum absolute atomic E-state index is 13.6. The van der Waals surface area contributed by atoms with E-state index in [2.05, 4.69) is 44.0 Å². The van der Waals surface area contributed by atoms with Crippen LogP contribution in [0.2, 0.25) is 5.02 Å². The number of pyridine rings is 1. The Morgan fingerprint density at radius 2 is 1.76 bits per heavy atom. The second-order valence-corrected chi connectivity index (χ2v) is 12.8. The van der Waals surface area contributed by atoms with Crippen molar-refractivity contribution in [3.8, 4) is 0 Å². The highest BCUT2D eigenvalue weighted by molar-refractivity contribution is 9.10. The van der Waals surface area contributed by atoms with E-state index in [0.717, 1.165) is 45.3 Å². The quantitative estimate of drug-likeness (QED) is 0.431. The Labute approximate surface area is 245 Å². The summed E-state index contributed by atoms with van der Waals surface area (Å²) in [4.78, 5) is 31.8. The molecule has 0 spiro atoms. The Kier molecular flexibility index (Phi) is 8.67. The van der Waals surface area contributed by atoms with Gasteiger partial charge in [-0.15, -0.1) is 0 Å². The van der Waals surface area contributed by atoms with Gasteiger partial charge in [0.05, 0.1) is 11.8 Å². The summed E-state index contributed by atoms with van der Waals surface area (Å²) in [7, 11) is 1.63. The third-order valence-electron chi connectivity index (χ3n) is 8.33. The molecule has 1 aromatic heterocycles. The lowest BCUT2D eigenvalue weighted by atomic mass is 9.76. The third kappa shape index (κ3) is 5.91. The summed E-state index contributed by atoms with van der Waals surface area (Å²) in [6, 6.07) is 6.26. The van der Waals surface area contributed by atoms with Crippen LogP contribution in [0.5, 0.6) is 0 Å². The number of rotatable bonds is 4. The summed E-state index contributed by atoms with van der Waals surface area (Å²) < 4.78 is 12.8. The van der Waals surface area contributed by atoms with E-state index in [1.54, 1.807) is 7.11 Å². The highest BCUT2D eigenvalue weighted by Gasteiger charge is 2.40. The minimum atomic E-state index is -0.809. The van der Waals surface area contributed by atoms with E-state index in [4.69, 9.17) is 31.8 Å². The molecule has 2 aliphatic carbocycles. The van der Waals surface area contributed by atoms with Crippen LogP contribution in [-0.2, 0) is 27.1 Å². The van der Waals surface area contributed by atoms with Crippen LogP contribution in [0.3, 0.4) is 0 Å². The second-order valence-electron chi connectivity index (χ2n) is 10.6. The van der Waals surface area contributed by atoms with Crippen LogP contribution < -0.4 is 5.73 Å². The number of hydrogen-bond donors (Lipinski definition) is 1. The average Bonchev–Trinajstić information content (AvgIpc) is 3.04. The van der Waals surface area contributed by atoms with Gasteiger partial charge < -0.3 is 20.1 Å². The first-order valence-corrected chi connectivity index (χ1v) is 15.1. The summed E-state index contributed by atoms with van der Waals surface area (Å²) in [6.45, 7) is 1.36. The van der Waals surface area contributed by atoms with Crippen LogP contribution in [-0.4, -0.2) is 54.3 Å². The van der Waals surface area contributed by atoms with Crippen LogP contribution in [0.25, 0.3) is 0 Å². The van der Waals surface area contributed by atoms with Crippen molar-refractivity contribution in [3.63, 3.8) is 0 Å². The van der Waals surface area contributed by atoms with Crippen molar-refractivity contribution in [1.82, 2.24) is 9.88 Å². The molecule has 204 valence electrons. The molecule has 0 bridgehead atoms. The molecule has 3 unspecified atom stereocenters. The van der Waals surface area contributed by atoms with Crippen LogP contribution >= 0.6 is 43.5 Å². The monoisotopic (exact) mass is 667 g/mol. The zero-order valence-electron chi connectivity index (χ0n) is 21.3. The molecule has 2 amide bonds. The molecule has 2 N–H and O–H groups in total. The van der Waals surface area contributed by atoms with Crippen molar-refractivity contribution in [2.75, 3.05) is 20.2 Å². The number of nitrogens with two attached hydrogens (primary N) is 1. The van der Waals surface area contributed by atoms with Crippen molar-refractivity contribution in [1.29, 1.82) is 0 Å². The maximum Gasteiger partial charge on any atom is 0.404 e. The first-order valence-electron chi connectivity index (χ1n) is 13.1. The van der Waals surface area contributed by atoms with E-state index in [1.807, 2.05) is 17.2 Å². The number of benzene rings is 1. The number of carbonyl (C=O) groups is 2. The van der Waals surface area contributed by atoms with E-state index in [1.165, 1.54) is 16.7 Å². The largest absolute Gasteiger partial charge is 0.446 e. The van der Waals surface area contributed by atoms with Crippen LogP contribution in [0.15, 0.2) is 33.3 Å². The topological polar surface area (TPSA) is 94.8 Å². The van der Waals surface area contributed by atoms with Gasteiger partial charge in [-0.25, -0.2) is 4.79 Å². The standard InChI is InChI=1S/C28H32Br2ClN3O4/c1-37-21-10-18(11-22(13-21)38-28(32)36)27(35)34-6-4-15(5-7-34)25-24-16(9-20(31)12-23(24)30)2-3-17-8-19(29)14-33-26(17)25/h8-9,12,14-15,18,21-22,25H,2-7,10-11,13H2,1H3,(H2,32,36)/t18?,21?,22?,25-/m1/s1. The molecule has 1 aliphatic heterocycles. The highest BCUT2D eigenvalue weighted by atomic mass is 79.9. The predicted molar refractivity (Wildman–Crippen MR) is 152 cm³/mol. The number of nitrogens with zero attached hydrogens (tertiary/aromatic N) is 2. The van der Waals surface area contributed by atoms with Gasteiger partial charge in [-0.1, -0.05) is 27.5 Å². The summed E-state index contributed by atoms with van der Waals surface area (Å²) in [6.07, 6.45) is 5.80. The Balaban J connectivity index is 1.36. The molecular formula is C28H32Br2ClN3O4. The number of primary amides is 1. The van der Waals surface area contributed by atoms with Gasteiger partial charge >= 0.3 is 6.09 Å². The number of carbonyl (C=O) groups excluding carboxylic acids is 2. The van der Waals surface area contributed by atoms with Crippen molar-refractivity contribution in [3.05, 3.63) is 60.7 Å². The summed E-state index contributed by atoms with van der Waals surface area (Å²) in [5.74, 6) is 0.328. The summed E-state index contributed by atoms with van der Waals surface area (Å²) in [5.41, 5.74) is 10.2. The first kappa shape index (κ1) is 27.9. The molecule has 4 atom stereocenters. The average molecular weight is 670 g/mol. The summed E-state index contributed by atoms with van der Waals surface area (Å²) >= 11 is 13.9. The van der Waals surface area contributed by atoms with E-state index >= 15 is 0 Å². The van der Waals surface area contributed by atoms with Crippen LogP contribution in [0.4, 0.5) is 4.79 Å². The Morgan fingerprint density at radius 1 is 1.05 bits per heavy atom. The smallest absolute Gasteiger partial charge is 0.404 e. The molecule has 3 aliphatic rings. The number of methoxy groups -OCH3 is 1. The molecular weight excluding hydrogens is 638 g/mol. The van der Waals surface area contributed by atoms with Crippen molar-refractivity contribution < 1.29 is 19.1 Å². The van der Waals surface area contributed by atoms with Gasteiger partial charge in [0.2, 0.25) is 5.91 Å². The van der Waals surface area contributed by atoms with Gasteiger partial charge in [-0.2, -0.15) is 0 Å². The number of piperidine rings is 1. The lowest BCUT2D eigenvalue weighted by molar-refractivity contribution is -0.142. The number of hydrogen-bond acceptors (Lipinski definition) is 5. The number of aromatic nitrogens is 1. The fraction of sp³-hybridized carbons (Fsp3) is 0.536. The highest BCUT2D eigenvalue weighted by Crippen LogP contribution is 2.46. The Bertz CT molecular complexity index is 1220. The van der Waals surface area contributed by atoms with Gasteiger partial charge in [-0.3, -0.25) is 9.78 Å². The normalized spacial score (nSPS) is 25.7. The molecule has 2 fully saturated rings. The van der Waals surface area contributed by atoms with E-state index in [-0.39, 0.29) is 23.8 Å². The molecule has 5 rings (SSSR count). The molecule has 7 nitrogen and oxygen atoms in total. The minimum Gasteiger partial charge on any atom is -0.446 e. The molecule has 1 aromatic carbocycles. The molecule has 38 heavy (non-hydrogen) atoms. The maximum atomic E-state index is 13.6. The van der Waals surface area contributed by atoms with Crippen LogP contribution in [0.1, 0.15) is 60.4 Å². The lowest BCUT2D eigenvalue weighted by Gasteiger charge is -2.40. The zero-order chi connectivity index (χ0) is 27.0. The second kappa shape index (κ2) is 11.8. The fourth-order valence-electron chi connectivity index (χ4n) is 6.61. The van der Waals surface area contributed by atoms with Crippen molar-refractivity contribution >= 4 is 55.5 Å². The number of aryl methyl sites for hydroxylation is 2. The van der Waals surface area contributed by atoms with Gasteiger partial charge in [0, 0.05) is 58.6 Å². The Morgan fingerprint density at radius 3 is 2.47 bits per heavy atom. The van der Waals surface area contributed by atoms with E-state index in [0.29, 0.717) is 38.3 Å². The minimum absolute atomic E-state index is 0.111. The summed E-state index contributed by atoms with van der Waals surface area (Å²) in [5, 5.41) is 0.732. The molecule has 10 heteroatoms. The first-order chi connectivity index (χ1) is 18.2. The number of halogens is 3. The van der Waals surface area contributed by atoms with Gasteiger partial charge in [-0.05, 0) is 95.3 Å². The molecule has 1 saturated carbocycles. The fourth-order valence-corrected chi connectivity index (χ4v) is 8.11. The molecule has 0 radical (unpaired) electrons. The van der Waals surface area contributed by atoms with Crippen molar-refractivity contribution in [2.45, 2.75) is 63.1 Å². The van der Waals surface area contributed by atoms with Gasteiger partial charge in [0.1, 0.15) is 6.10 Å². The molecule has 2 aromatic rings. The van der Waals surface area contributed by atoms with E-state index < -0.39 is 12.2 Å². The Hall–Kier alpha value is -1.68. The number of fused-ring (bicyclic) bond motifs is 2. The molecule has 1 saturated heterocycles. The zero-order valence-corrected chi connectivity index (χ0v) is 25.2. The van der Waals surface area contributed by atoms with Gasteiger partial charge in [0.25, 0.3) is 0 Å². The third-order valence-corrected chi connectivity index (χ3v) is 9.63. The predicted octanol–water partition coefficient (Wildman–Crippen LogP) is 6.01. The number of likely N-dealkylation sites (tertiary alicyclic amines) is 1. The molecule has 2 heterocycles. The lowest BCUT2D eigenvalue weighted by Crippen LogP contribution is -2.46. The number of amides is 2. The van der Waals surface area contributed by atoms with Crippen molar-refractivity contribution in [2.24, 2.45) is 17.6 Å². The van der Waals surface area contributed by atoms with Crippen LogP contribution in [0, 0.1) is 11.8 Å². The SMILES string of the molecule is COC1CC(OC(N)=O)CC(C(=O)N2CCC([C@H]3c4ncc(Br)cc4CCc4cc(Cl)cc(Br)c43)CC2)C1. The number of ether oxygens (including phenoxy) is 2. The van der Waals surface area contributed by atoms with Gasteiger partial charge in [0.15, 0.2) is 0 Å².